The first-order chi connectivity index (χ1) is 14.8. The molecule has 1 aliphatic rings. The van der Waals surface area contributed by atoms with E-state index in [1.54, 1.807) is 36.4 Å². The summed E-state index contributed by atoms with van der Waals surface area (Å²) in [7, 11) is -3.85. The van der Waals surface area contributed by atoms with Crippen LogP contribution in [0.5, 0.6) is 0 Å². The van der Waals surface area contributed by atoms with E-state index in [1.807, 2.05) is 4.90 Å². The minimum absolute atomic E-state index is 0.0634. The first-order valence-corrected chi connectivity index (χ1v) is 11.9. The van der Waals surface area contributed by atoms with Crippen LogP contribution in [0.25, 0.3) is 0 Å². The van der Waals surface area contributed by atoms with E-state index >= 15 is 0 Å². The molecule has 4 rings (SSSR count). The van der Waals surface area contributed by atoms with Crippen molar-refractivity contribution < 1.29 is 17.6 Å². The van der Waals surface area contributed by atoms with Gasteiger partial charge in [0, 0.05) is 31.9 Å². The molecule has 0 bridgehead atoms. The average Bonchev–Trinajstić information content (AvgIpc) is 3.24. The van der Waals surface area contributed by atoms with Crippen molar-refractivity contribution in [2.45, 2.75) is 4.34 Å². The molecule has 3 aromatic rings. The lowest BCUT2D eigenvalue weighted by Gasteiger charge is -2.34. The molecule has 1 aromatic heterocycles. The SMILES string of the molecule is O=C(Nc1nnc(S(=O)(=O)N2CCN(c3ccc(F)cc3)CC2)s1)c1ccccc1Cl. The minimum atomic E-state index is -3.85. The number of aromatic nitrogens is 2. The number of halogens is 2. The predicted octanol–water partition coefficient (Wildman–Crippen LogP) is 3.09. The van der Waals surface area contributed by atoms with Crippen LogP contribution in [0.15, 0.2) is 52.9 Å². The molecule has 1 amide bonds. The van der Waals surface area contributed by atoms with E-state index in [9.17, 15) is 17.6 Å². The molecule has 0 unspecified atom stereocenters. The van der Waals surface area contributed by atoms with Crippen molar-refractivity contribution in [1.82, 2.24) is 14.5 Å². The number of rotatable bonds is 5. The van der Waals surface area contributed by atoms with Gasteiger partial charge in [-0.15, -0.1) is 10.2 Å². The molecule has 1 fully saturated rings. The normalized spacial score (nSPS) is 15.1. The lowest BCUT2D eigenvalue weighted by atomic mass is 10.2. The van der Waals surface area contributed by atoms with Crippen LogP contribution < -0.4 is 10.2 Å². The van der Waals surface area contributed by atoms with Gasteiger partial charge in [0.05, 0.1) is 10.6 Å². The Morgan fingerprint density at radius 3 is 2.39 bits per heavy atom. The van der Waals surface area contributed by atoms with Gasteiger partial charge in [-0.25, -0.2) is 12.8 Å². The van der Waals surface area contributed by atoms with Crippen LogP contribution in [0.2, 0.25) is 5.02 Å². The third kappa shape index (κ3) is 4.69. The second-order valence-corrected chi connectivity index (χ2v) is 10.2. The molecule has 0 saturated carbocycles. The van der Waals surface area contributed by atoms with E-state index in [1.165, 1.54) is 16.4 Å². The van der Waals surface area contributed by atoms with Gasteiger partial charge in [0.2, 0.25) is 9.47 Å². The smallest absolute Gasteiger partial charge is 0.272 e. The molecule has 0 spiro atoms. The number of nitrogens with one attached hydrogen (secondary N) is 1. The van der Waals surface area contributed by atoms with E-state index in [4.69, 9.17) is 11.6 Å². The van der Waals surface area contributed by atoms with Crippen LogP contribution in [0.4, 0.5) is 15.2 Å². The Morgan fingerprint density at radius 2 is 1.71 bits per heavy atom. The maximum Gasteiger partial charge on any atom is 0.272 e. The number of hydrogen-bond donors (Lipinski definition) is 1. The Balaban J connectivity index is 1.42. The highest BCUT2D eigenvalue weighted by Crippen LogP contribution is 2.26. The standard InChI is InChI=1S/C19H17ClFN5O3S2/c20-16-4-2-1-3-15(16)17(27)22-18-23-24-19(30-18)31(28,29)26-11-9-25(10-12-26)14-7-5-13(21)6-8-14/h1-8H,9-12H2,(H,22,23,27). The van der Waals surface area contributed by atoms with Gasteiger partial charge in [-0.05, 0) is 36.4 Å². The fourth-order valence-electron chi connectivity index (χ4n) is 3.12. The third-order valence-corrected chi connectivity index (χ3v) is 8.15. The molecule has 1 N–H and O–H groups in total. The Morgan fingerprint density at radius 1 is 1.03 bits per heavy atom. The minimum Gasteiger partial charge on any atom is -0.369 e. The molecule has 2 heterocycles. The summed E-state index contributed by atoms with van der Waals surface area (Å²) in [5, 5.41) is 10.4. The number of benzene rings is 2. The third-order valence-electron chi connectivity index (χ3n) is 4.74. The van der Waals surface area contributed by atoms with Gasteiger partial charge in [0.25, 0.3) is 15.9 Å². The van der Waals surface area contributed by atoms with Gasteiger partial charge in [-0.3, -0.25) is 10.1 Å². The Labute approximate surface area is 187 Å². The van der Waals surface area contributed by atoms with Crippen molar-refractivity contribution >= 4 is 49.7 Å². The highest BCUT2D eigenvalue weighted by atomic mass is 35.5. The summed E-state index contributed by atoms with van der Waals surface area (Å²) >= 11 is 6.79. The van der Waals surface area contributed by atoms with Gasteiger partial charge in [-0.2, -0.15) is 4.31 Å². The maximum atomic E-state index is 13.1. The van der Waals surface area contributed by atoms with E-state index in [0.29, 0.717) is 13.1 Å². The zero-order valence-electron chi connectivity index (χ0n) is 16.0. The largest absolute Gasteiger partial charge is 0.369 e. The molecule has 0 aliphatic carbocycles. The maximum absolute atomic E-state index is 13.1. The number of sulfonamides is 1. The zero-order valence-corrected chi connectivity index (χ0v) is 18.4. The molecule has 12 heteroatoms. The van der Waals surface area contributed by atoms with E-state index in [0.717, 1.165) is 17.0 Å². The fraction of sp³-hybridized carbons (Fsp3) is 0.211. The second-order valence-electron chi connectivity index (χ2n) is 6.67. The van der Waals surface area contributed by atoms with Crippen LogP contribution in [0.1, 0.15) is 10.4 Å². The van der Waals surface area contributed by atoms with Crippen molar-refractivity contribution in [3.63, 3.8) is 0 Å². The molecule has 1 aliphatic heterocycles. The Hall–Kier alpha value is -2.60. The molecule has 0 atom stereocenters. The number of nitrogens with zero attached hydrogens (tertiary/aromatic N) is 4. The van der Waals surface area contributed by atoms with Crippen molar-refractivity contribution in [3.05, 3.63) is 64.9 Å². The van der Waals surface area contributed by atoms with Crippen molar-refractivity contribution in [1.29, 1.82) is 0 Å². The van der Waals surface area contributed by atoms with Gasteiger partial charge in [0.15, 0.2) is 0 Å². The highest BCUT2D eigenvalue weighted by molar-refractivity contribution is 7.91. The summed E-state index contributed by atoms with van der Waals surface area (Å²) < 4.78 is 40.1. The molecule has 0 radical (unpaired) electrons. The summed E-state index contributed by atoms with van der Waals surface area (Å²) in [6.45, 7) is 1.42. The highest BCUT2D eigenvalue weighted by Gasteiger charge is 2.32. The summed E-state index contributed by atoms with van der Waals surface area (Å²) in [4.78, 5) is 14.3. The van der Waals surface area contributed by atoms with Crippen LogP contribution in [0.3, 0.4) is 0 Å². The van der Waals surface area contributed by atoms with Crippen LogP contribution in [-0.2, 0) is 10.0 Å². The number of piperazine rings is 1. The molecule has 31 heavy (non-hydrogen) atoms. The number of hydrogen-bond acceptors (Lipinski definition) is 7. The zero-order chi connectivity index (χ0) is 22.0. The van der Waals surface area contributed by atoms with Gasteiger partial charge < -0.3 is 4.90 Å². The number of carbonyl (C=O) groups excluding carboxylic acids is 1. The van der Waals surface area contributed by atoms with E-state index < -0.39 is 15.9 Å². The quantitative estimate of drug-likeness (QED) is 0.563. The topological polar surface area (TPSA) is 95.5 Å². The lowest BCUT2D eigenvalue weighted by molar-refractivity contribution is 0.102. The van der Waals surface area contributed by atoms with E-state index in [-0.39, 0.29) is 39.0 Å². The molecule has 1 saturated heterocycles. The van der Waals surface area contributed by atoms with Crippen LogP contribution in [0, 0.1) is 5.82 Å². The summed E-state index contributed by atoms with van der Waals surface area (Å²) in [6.07, 6.45) is 0. The number of anilines is 2. The van der Waals surface area contributed by atoms with Gasteiger partial charge in [0.1, 0.15) is 5.82 Å². The van der Waals surface area contributed by atoms with Crippen LogP contribution >= 0.6 is 22.9 Å². The molecular formula is C19H17ClFN5O3S2. The van der Waals surface area contributed by atoms with Crippen LogP contribution in [-0.4, -0.2) is 55.0 Å². The van der Waals surface area contributed by atoms with E-state index in [2.05, 4.69) is 15.5 Å². The average molecular weight is 482 g/mol. The Bertz CT molecular complexity index is 1200. The Kier molecular flexibility index (Phi) is 6.19. The van der Waals surface area contributed by atoms with Gasteiger partial charge in [-0.1, -0.05) is 35.1 Å². The fourth-order valence-corrected chi connectivity index (χ4v) is 5.80. The molecule has 8 nitrogen and oxygen atoms in total. The first-order valence-electron chi connectivity index (χ1n) is 9.24. The predicted molar refractivity (Wildman–Crippen MR) is 117 cm³/mol. The van der Waals surface area contributed by atoms with Crippen molar-refractivity contribution in [3.8, 4) is 0 Å². The number of carbonyl (C=O) groups is 1. The summed E-state index contributed by atoms with van der Waals surface area (Å²) in [6, 6.07) is 12.6. The number of amides is 1. The molecule has 162 valence electrons. The molecular weight excluding hydrogens is 465 g/mol. The summed E-state index contributed by atoms with van der Waals surface area (Å²) in [5.41, 5.74) is 1.08. The second kappa shape index (κ2) is 8.87. The summed E-state index contributed by atoms with van der Waals surface area (Å²) in [5.74, 6) is -0.822. The first kappa shape index (κ1) is 21.6. The lowest BCUT2D eigenvalue weighted by Crippen LogP contribution is -2.48. The van der Waals surface area contributed by atoms with Crippen molar-refractivity contribution in [2.24, 2.45) is 0 Å². The molecule has 2 aromatic carbocycles. The van der Waals surface area contributed by atoms with Crippen molar-refractivity contribution in [2.75, 3.05) is 36.4 Å². The van der Waals surface area contributed by atoms with Gasteiger partial charge >= 0.3 is 0 Å². The monoisotopic (exact) mass is 481 g/mol.